The Morgan fingerprint density at radius 2 is 1.83 bits per heavy atom. The second-order valence-electron chi connectivity index (χ2n) is 15.5. The van der Waals surface area contributed by atoms with Gasteiger partial charge in [0.2, 0.25) is 27.7 Å². The van der Waals surface area contributed by atoms with Gasteiger partial charge in [-0.15, -0.1) is 6.58 Å². The summed E-state index contributed by atoms with van der Waals surface area (Å²) < 4.78 is 53.1. The predicted molar refractivity (Wildman–Crippen MR) is 192 cm³/mol. The molecule has 1 saturated heterocycles. The molecule has 5 amide bonds. The Kier molecular flexibility index (Phi) is 11.6. The van der Waals surface area contributed by atoms with Gasteiger partial charge in [-0.2, -0.15) is 0 Å². The van der Waals surface area contributed by atoms with Gasteiger partial charge < -0.3 is 24.6 Å². The number of allylic oxidation sites excluding steroid dienone is 1. The molecule has 2 aliphatic heterocycles. The highest BCUT2D eigenvalue weighted by molar-refractivity contribution is 7.90. The minimum Gasteiger partial charge on any atom is -0.444 e. The van der Waals surface area contributed by atoms with Crippen molar-refractivity contribution in [2.45, 2.75) is 101 Å². The number of sulfonamides is 1. The monoisotopic (exact) mass is 773 g/mol. The van der Waals surface area contributed by atoms with Crippen molar-refractivity contribution in [3.05, 3.63) is 60.5 Å². The van der Waals surface area contributed by atoms with E-state index in [0.717, 1.165) is 6.08 Å². The van der Waals surface area contributed by atoms with Crippen molar-refractivity contribution in [3.8, 4) is 0 Å². The van der Waals surface area contributed by atoms with E-state index in [9.17, 15) is 41.6 Å². The van der Waals surface area contributed by atoms with Gasteiger partial charge in [0.25, 0.3) is 0 Å². The van der Waals surface area contributed by atoms with Gasteiger partial charge in [0, 0.05) is 38.5 Å². The first kappa shape index (κ1) is 40.4. The van der Waals surface area contributed by atoms with Crippen molar-refractivity contribution in [1.82, 2.24) is 24.7 Å². The third-order valence-electron chi connectivity index (χ3n) is 10.2. The summed E-state index contributed by atoms with van der Waals surface area (Å²) in [6.07, 6.45) is 0.132. The lowest BCUT2D eigenvalue weighted by molar-refractivity contribution is -0.141. The molecule has 1 aromatic rings. The second-order valence-corrected chi connectivity index (χ2v) is 17.4. The van der Waals surface area contributed by atoms with E-state index in [4.69, 9.17) is 9.47 Å². The molecular formula is C37H48FN5O10S. The number of amides is 5. The minimum absolute atomic E-state index is 0.00618. The summed E-state index contributed by atoms with van der Waals surface area (Å²) in [6.45, 7) is 11.9. The maximum absolute atomic E-state index is 14.4. The Morgan fingerprint density at radius 1 is 1.13 bits per heavy atom. The van der Waals surface area contributed by atoms with E-state index in [2.05, 4.69) is 23.2 Å². The molecule has 2 N–H and O–H groups in total. The molecule has 54 heavy (non-hydrogen) atoms. The standard InChI is InChI=1S/C37H48FN5O10S/c1-7-23-17-37(23,33(47)40-54(50,51)25-12-13-25)18-30(44)29-16-24(52-35(49)42-19-22-10-9-11-27(38)26(22)21-42)20-43(29)32(46)28(14-15-41(6)31(45)8-2)39-34(48)53-36(3,4)5/h7-11,23-25,28-29H,1-2,12-21H2,3-6H3,(H,39,48)(H,40,47)/t23-,24-,28+,29?,37-/m1/s1. The molecule has 5 rings (SSSR count). The van der Waals surface area contributed by atoms with Gasteiger partial charge >= 0.3 is 12.2 Å². The number of carbonyl (C=O) groups is 6. The van der Waals surface area contributed by atoms with Gasteiger partial charge in [0.05, 0.1) is 29.8 Å². The fourth-order valence-corrected chi connectivity index (χ4v) is 8.35. The van der Waals surface area contributed by atoms with Crippen LogP contribution in [-0.2, 0) is 51.8 Å². The van der Waals surface area contributed by atoms with Gasteiger partial charge in [0.1, 0.15) is 23.6 Å². The van der Waals surface area contributed by atoms with Crippen LogP contribution in [0.4, 0.5) is 14.0 Å². The van der Waals surface area contributed by atoms with Crippen molar-refractivity contribution in [2.24, 2.45) is 11.3 Å². The van der Waals surface area contributed by atoms with Crippen LogP contribution in [0.5, 0.6) is 0 Å². The van der Waals surface area contributed by atoms with Gasteiger partial charge in [0.15, 0.2) is 5.78 Å². The lowest BCUT2D eigenvalue weighted by Gasteiger charge is -2.30. The number of alkyl carbamates (subject to hydrolysis) is 1. The third-order valence-corrected chi connectivity index (χ3v) is 12.0. The first-order chi connectivity index (χ1) is 25.3. The lowest BCUT2D eigenvalue weighted by Crippen LogP contribution is -2.53. The number of nitrogens with one attached hydrogen (secondary N) is 2. The Bertz CT molecular complexity index is 1840. The number of Topliss-reactive ketones (excluding diaryl/α,β-unsaturated/α-hetero) is 1. The number of hydrogen-bond donors (Lipinski definition) is 2. The van der Waals surface area contributed by atoms with Crippen LogP contribution in [0, 0.1) is 17.2 Å². The summed E-state index contributed by atoms with van der Waals surface area (Å²) in [4.78, 5) is 84.5. The number of ketones is 1. The molecule has 3 fully saturated rings. The summed E-state index contributed by atoms with van der Waals surface area (Å²) in [7, 11) is -2.45. The van der Waals surface area contributed by atoms with Gasteiger partial charge in [-0.05, 0) is 70.1 Å². The van der Waals surface area contributed by atoms with Crippen LogP contribution in [-0.4, -0.2) is 108 Å². The maximum Gasteiger partial charge on any atom is 0.410 e. The Balaban J connectivity index is 1.39. The lowest BCUT2D eigenvalue weighted by atomic mass is 9.91. The molecule has 2 saturated carbocycles. The van der Waals surface area contributed by atoms with Gasteiger partial charge in [-0.1, -0.05) is 24.8 Å². The van der Waals surface area contributed by atoms with Crippen LogP contribution in [0.2, 0.25) is 0 Å². The Morgan fingerprint density at radius 3 is 2.43 bits per heavy atom. The summed E-state index contributed by atoms with van der Waals surface area (Å²) in [5.74, 6) is -3.55. The molecule has 15 nitrogen and oxygen atoms in total. The molecule has 1 unspecified atom stereocenters. The average molecular weight is 774 g/mol. The van der Waals surface area contributed by atoms with Crippen molar-refractivity contribution in [2.75, 3.05) is 20.1 Å². The van der Waals surface area contributed by atoms with Crippen LogP contribution in [0.3, 0.4) is 0 Å². The molecule has 1 aromatic carbocycles. The SMILES string of the molecule is C=CC(=O)N(C)CC[C@H](NC(=O)OC(C)(C)C)C(=O)N1C[C@H](OC(=O)N2Cc3cccc(F)c3C2)CC1C(=O)C[C@]1(C(=O)NS(=O)(=O)C2CC2)C[C@H]1C=C. The van der Waals surface area contributed by atoms with Gasteiger partial charge in [-0.3, -0.25) is 28.8 Å². The zero-order valence-corrected chi connectivity index (χ0v) is 31.8. The van der Waals surface area contributed by atoms with Crippen molar-refractivity contribution < 1.29 is 51.0 Å². The normalized spacial score (nSPS) is 23.8. The Labute approximate surface area is 314 Å². The highest BCUT2D eigenvalue weighted by Crippen LogP contribution is 2.57. The number of fused-ring (bicyclic) bond motifs is 1. The zero-order chi connectivity index (χ0) is 39.7. The quantitative estimate of drug-likeness (QED) is 0.210. The zero-order valence-electron chi connectivity index (χ0n) is 31.0. The summed E-state index contributed by atoms with van der Waals surface area (Å²) >= 11 is 0. The molecule has 0 radical (unpaired) electrons. The van der Waals surface area contributed by atoms with Crippen LogP contribution in [0.1, 0.15) is 70.4 Å². The van der Waals surface area contributed by atoms with Crippen LogP contribution in [0.15, 0.2) is 43.5 Å². The summed E-state index contributed by atoms with van der Waals surface area (Å²) in [6, 6.07) is 1.96. The molecule has 17 heteroatoms. The summed E-state index contributed by atoms with van der Waals surface area (Å²) in [5.41, 5.74) is -1.37. The van der Waals surface area contributed by atoms with Crippen LogP contribution >= 0.6 is 0 Å². The first-order valence-electron chi connectivity index (χ1n) is 17.9. The number of hydrogen-bond acceptors (Lipinski definition) is 10. The molecule has 0 spiro atoms. The minimum atomic E-state index is -3.93. The summed E-state index contributed by atoms with van der Waals surface area (Å²) in [5, 5.41) is 1.87. The van der Waals surface area contributed by atoms with E-state index in [0.29, 0.717) is 24.0 Å². The van der Waals surface area contributed by atoms with E-state index >= 15 is 0 Å². The van der Waals surface area contributed by atoms with Crippen LogP contribution in [0.25, 0.3) is 0 Å². The molecule has 0 bridgehead atoms. The van der Waals surface area contributed by atoms with E-state index in [1.54, 1.807) is 26.8 Å². The van der Waals surface area contributed by atoms with Crippen molar-refractivity contribution in [3.63, 3.8) is 0 Å². The number of carbonyl (C=O) groups excluding carboxylic acids is 6. The molecule has 294 valence electrons. The second kappa shape index (κ2) is 15.5. The highest BCUT2D eigenvalue weighted by atomic mass is 32.2. The number of likely N-dealkylation sites (tertiary alicyclic amines) is 1. The number of halogens is 1. The molecule has 4 aliphatic rings. The maximum atomic E-state index is 14.4. The number of ether oxygens (including phenoxy) is 2. The Hall–Kier alpha value is -4.80. The first-order valence-corrected chi connectivity index (χ1v) is 19.4. The van der Waals surface area contributed by atoms with Crippen molar-refractivity contribution in [1.29, 1.82) is 0 Å². The topological polar surface area (TPSA) is 189 Å². The fourth-order valence-electron chi connectivity index (χ4n) is 6.96. The van der Waals surface area contributed by atoms with Crippen molar-refractivity contribution >= 4 is 45.7 Å². The van der Waals surface area contributed by atoms with Gasteiger partial charge in [-0.25, -0.2) is 22.4 Å². The van der Waals surface area contributed by atoms with Crippen LogP contribution < -0.4 is 10.0 Å². The fraction of sp³-hybridized carbons (Fsp3) is 0.568. The van der Waals surface area contributed by atoms with E-state index in [1.807, 2.05) is 0 Å². The molecular weight excluding hydrogens is 725 g/mol. The number of likely N-dealkylation sites (N-methyl/N-ethyl adjacent to an activating group) is 1. The molecule has 5 atom stereocenters. The number of benzene rings is 1. The highest BCUT2D eigenvalue weighted by Gasteiger charge is 2.61. The van der Waals surface area contributed by atoms with E-state index in [-0.39, 0.29) is 45.4 Å². The average Bonchev–Trinajstić information content (AvgIpc) is 3.99. The largest absolute Gasteiger partial charge is 0.444 e. The molecule has 0 aromatic heterocycles. The molecule has 2 heterocycles. The third kappa shape index (κ3) is 9.10. The number of rotatable bonds is 14. The number of nitrogens with zero attached hydrogens (tertiary/aromatic N) is 3. The molecule has 2 aliphatic carbocycles. The van der Waals surface area contributed by atoms with E-state index < -0.39 is 98.3 Å². The van der Waals surface area contributed by atoms with E-state index in [1.165, 1.54) is 40.0 Å². The smallest absolute Gasteiger partial charge is 0.410 e. The predicted octanol–water partition coefficient (Wildman–Crippen LogP) is 2.94.